The molecule has 0 fully saturated rings. The van der Waals surface area contributed by atoms with E-state index < -0.39 is 0 Å². The Bertz CT molecular complexity index is 433. The van der Waals surface area contributed by atoms with Crippen LogP contribution in [0.2, 0.25) is 0 Å². The second-order valence-electron chi connectivity index (χ2n) is 4.50. The summed E-state index contributed by atoms with van der Waals surface area (Å²) in [7, 11) is 1.60. The number of ether oxygens (including phenoxy) is 2. The molecule has 92 valence electrons. The van der Waals surface area contributed by atoms with E-state index in [0.717, 1.165) is 36.9 Å². The summed E-state index contributed by atoms with van der Waals surface area (Å²) in [6.45, 7) is 4.25. The van der Waals surface area contributed by atoms with Crippen LogP contribution in [0, 0.1) is 0 Å². The molecule has 0 radical (unpaired) electrons. The Morgan fingerprint density at radius 2 is 2.12 bits per heavy atom. The summed E-state index contributed by atoms with van der Waals surface area (Å²) < 4.78 is 11.4. The fourth-order valence-electron chi connectivity index (χ4n) is 2.39. The SMILES string of the molecule is CCC1(CC)Cc2cc(C=O)cc(OC)c2O1. The molecule has 0 aromatic heterocycles. The van der Waals surface area contributed by atoms with Crippen molar-refractivity contribution in [2.45, 2.75) is 38.7 Å². The molecule has 1 aromatic rings. The molecule has 1 aliphatic rings. The molecule has 1 heterocycles. The van der Waals surface area contributed by atoms with Crippen molar-refractivity contribution in [2.75, 3.05) is 7.11 Å². The van der Waals surface area contributed by atoms with Gasteiger partial charge in [-0.2, -0.15) is 0 Å². The van der Waals surface area contributed by atoms with Crippen LogP contribution in [0.4, 0.5) is 0 Å². The van der Waals surface area contributed by atoms with Crippen molar-refractivity contribution in [3.05, 3.63) is 23.3 Å². The number of carbonyl (C=O) groups is 1. The normalized spacial score (nSPS) is 16.2. The molecule has 2 rings (SSSR count). The Kier molecular flexibility index (Phi) is 3.09. The Morgan fingerprint density at radius 1 is 1.41 bits per heavy atom. The Balaban J connectivity index is 2.46. The average Bonchev–Trinajstić information content (AvgIpc) is 2.76. The maximum absolute atomic E-state index is 10.9. The molecule has 0 aliphatic carbocycles. The highest BCUT2D eigenvalue weighted by Crippen LogP contribution is 2.45. The molecule has 0 unspecified atom stereocenters. The minimum atomic E-state index is -0.128. The fourth-order valence-corrected chi connectivity index (χ4v) is 2.39. The summed E-state index contributed by atoms with van der Waals surface area (Å²) in [6.07, 6.45) is 3.61. The zero-order valence-electron chi connectivity index (χ0n) is 10.6. The zero-order valence-corrected chi connectivity index (χ0v) is 10.6. The number of methoxy groups -OCH3 is 1. The van der Waals surface area contributed by atoms with Crippen molar-refractivity contribution >= 4 is 6.29 Å². The molecule has 17 heavy (non-hydrogen) atoms. The van der Waals surface area contributed by atoms with E-state index in [1.54, 1.807) is 13.2 Å². The number of carbonyl (C=O) groups excluding carboxylic acids is 1. The highest BCUT2D eigenvalue weighted by Gasteiger charge is 2.38. The van der Waals surface area contributed by atoms with E-state index in [9.17, 15) is 4.79 Å². The van der Waals surface area contributed by atoms with E-state index in [4.69, 9.17) is 9.47 Å². The predicted octanol–water partition coefficient (Wildman–Crippen LogP) is 3.00. The molecule has 0 atom stereocenters. The maximum Gasteiger partial charge on any atom is 0.165 e. The average molecular weight is 234 g/mol. The number of benzene rings is 1. The largest absolute Gasteiger partial charge is 0.493 e. The summed E-state index contributed by atoms with van der Waals surface area (Å²) in [5, 5.41) is 0. The van der Waals surface area contributed by atoms with Crippen LogP contribution in [0.25, 0.3) is 0 Å². The van der Waals surface area contributed by atoms with E-state index in [-0.39, 0.29) is 5.60 Å². The van der Waals surface area contributed by atoms with Crippen molar-refractivity contribution in [3.63, 3.8) is 0 Å². The van der Waals surface area contributed by atoms with Gasteiger partial charge in [0.25, 0.3) is 0 Å². The quantitative estimate of drug-likeness (QED) is 0.751. The van der Waals surface area contributed by atoms with Gasteiger partial charge in [-0.25, -0.2) is 0 Å². The Morgan fingerprint density at radius 3 is 2.65 bits per heavy atom. The third kappa shape index (κ3) is 1.90. The highest BCUT2D eigenvalue weighted by molar-refractivity contribution is 5.77. The minimum absolute atomic E-state index is 0.128. The van der Waals surface area contributed by atoms with Crippen molar-refractivity contribution in [3.8, 4) is 11.5 Å². The first-order chi connectivity index (χ1) is 8.18. The number of rotatable bonds is 4. The van der Waals surface area contributed by atoms with Gasteiger partial charge in [0, 0.05) is 17.5 Å². The summed E-state index contributed by atoms with van der Waals surface area (Å²) in [6, 6.07) is 3.63. The van der Waals surface area contributed by atoms with E-state index in [1.807, 2.05) is 6.07 Å². The number of fused-ring (bicyclic) bond motifs is 1. The summed E-state index contributed by atoms with van der Waals surface area (Å²) in [5.41, 5.74) is 1.60. The number of hydrogen-bond donors (Lipinski definition) is 0. The van der Waals surface area contributed by atoms with Gasteiger partial charge >= 0.3 is 0 Å². The van der Waals surface area contributed by atoms with Crippen molar-refractivity contribution < 1.29 is 14.3 Å². The molecule has 3 heteroatoms. The molecule has 3 nitrogen and oxygen atoms in total. The lowest BCUT2D eigenvalue weighted by Gasteiger charge is -2.25. The topological polar surface area (TPSA) is 35.5 Å². The molecule has 0 saturated heterocycles. The van der Waals surface area contributed by atoms with Crippen LogP contribution in [0.3, 0.4) is 0 Å². The smallest absolute Gasteiger partial charge is 0.165 e. The van der Waals surface area contributed by atoms with Crippen molar-refractivity contribution in [1.29, 1.82) is 0 Å². The molecular weight excluding hydrogens is 216 g/mol. The van der Waals surface area contributed by atoms with E-state index in [0.29, 0.717) is 11.3 Å². The fraction of sp³-hybridized carbons (Fsp3) is 0.500. The molecule has 0 amide bonds. The third-order valence-corrected chi connectivity index (χ3v) is 3.63. The lowest BCUT2D eigenvalue weighted by Crippen LogP contribution is -2.32. The summed E-state index contributed by atoms with van der Waals surface area (Å²) >= 11 is 0. The minimum Gasteiger partial charge on any atom is -0.493 e. The van der Waals surface area contributed by atoms with E-state index >= 15 is 0 Å². The van der Waals surface area contributed by atoms with Gasteiger partial charge in [-0.1, -0.05) is 13.8 Å². The Hall–Kier alpha value is -1.51. The highest BCUT2D eigenvalue weighted by atomic mass is 16.5. The van der Waals surface area contributed by atoms with Gasteiger partial charge in [-0.15, -0.1) is 0 Å². The van der Waals surface area contributed by atoms with E-state index in [2.05, 4.69) is 13.8 Å². The first-order valence-electron chi connectivity index (χ1n) is 6.03. The second-order valence-corrected chi connectivity index (χ2v) is 4.50. The molecule has 1 aromatic carbocycles. The van der Waals surface area contributed by atoms with Crippen LogP contribution in [-0.4, -0.2) is 19.0 Å². The van der Waals surface area contributed by atoms with Crippen LogP contribution < -0.4 is 9.47 Å². The molecule has 0 bridgehead atoms. The van der Waals surface area contributed by atoms with Crippen LogP contribution in [-0.2, 0) is 6.42 Å². The molecular formula is C14H18O3. The van der Waals surface area contributed by atoms with Gasteiger partial charge in [0.2, 0.25) is 0 Å². The van der Waals surface area contributed by atoms with Crippen LogP contribution >= 0.6 is 0 Å². The van der Waals surface area contributed by atoms with Crippen LogP contribution in [0.1, 0.15) is 42.6 Å². The second kappa shape index (κ2) is 4.40. The van der Waals surface area contributed by atoms with Gasteiger partial charge in [-0.05, 0) is 25.0 Å². The maximum atomic E-state index is 10.9. The summed E-state index contributed by atoms with van der Waals surface area (Å²) in [4.78, 5) is 10.9. The standard InChI is InChI=1S/C14H18O3/c1-4-14(5-2)8-11-6-10(9-15)7-12(16-3)13(11)17-14/h6-7,9H,4-5,8H2,1-3H3. The van der Waals surface area contributed by atoms with Gasteiger partial charge in [0.05, 0.1) is 7.11 Å². The van der Waals surface area contributed by atoms with Crippen molar-refractivity contribution in [2.24, 2.45) is 0 Å². The van der Waals surface area contributed by atoms with Gasteiger partial charge in [-0.3, -0.25) is 4.79 Å². The first-order valence-corrected chi connectivity index (χ1v) is 6.03. The van der Waals surface area contributed by atoms with E-state index in [1.165, 1.54) is 0 Å². The third-order valence-electron chi connectivity index (χ3n) is 3.63. The van der Waals surface area contributed by atoms with Gasteiger partial charge < -0.3 is 9.47 Å². The monoisotopic (exact) mass is 234 g/mol. The molecule has 1 aliphatic heterocycles. The van der Waals surface area contributed by atoms with Crippen molar-refractivity contribution in [1.82, 2.24) is 0 Å². The lowest BCUT2D eigenvalue weighted by atomic mass is 9.91. The first kappa shape index (κ1) is 12.0. The molecule has 0 N–H and O–H groups in total. The van der Waals surface area contributed by atoms with Crippen LogP contribution in [0.5, 0.6) is 11.5 Å². The number of hydrogen-bond acceptors (Lipinski definition) is 3. The number of aldehydes is 1. The zero-order chi connectivity index (χ0) is 12.5. The van der Waals surface area contributed by atoms with Crippen LogP contribution in [0.15, 0.2) is 12.1 Å². The molecule has 0 spiro atoms. The lowest BCUT2D eigenvalue weighted by molar-refractivity contribution is 0.0828. The molecule has 0 saturated carbocycles. The van der Waals surface area contributed by atoms with Gasteiger partial charge in [0.15, 0.2) is 11.5 Å². The Labute approximate surface area is 102 Å². The summed E-state index contributed by atoms with van der Waals surface area (Å²) in [5.74, 6) is 1.47. The van der Waals surface area contributed by atoms with Gasteiger partial charge in [0.1, 0.15) is 11.9 Å². The predicted molar refractivity (Wildman–Crippen MR) is 66.0 cm³/mol.